The van der Waals surface area contributed by atoms with Crippen LogP contribution in [-0.2, 0) is 6.54 Å². The van der Waals surface area contributed by atoms with Gasteiger partial charge in [0.15, 0.2) is 5.06 Å². The maximum absolute atomic E-state index is 5.15. The highest BCUT2D eigenvalue weighted by Crippen LogP contribution is 2.23. The van der Waals surface area contributed by atoms with Gasteiger partial charge in [-0.2, -0.15) is 11.8 Å². The van der Waals surface area contributed by atoms with Crippen LogP contribution in [0.15, 0.2) is 12.1 Å². The van der Waals surface area contributed by atoms with E-state index in [0.717, 1.165) is 24.1 Å². The SMILES string of the molecule is COc1ccc(CNCCSCC(C)C)s1. The molecule has 2 nitrogen and oxygen atoms in total. The molecule has 0 unspecified atom stereocenters. The fourth-order valence-electron chi connectivity index (χ4n) is 1.24. The van der Waals surface area contributed by atoms with E-state index in [4.69, 9.17) is 4.74 Å². The van der Waals surface area contributed by atoms with E-state index in [9.17, 15) is 0 Å². The maximum Gasteiger partial charge on any atom is 0.173 e. The standard InChI is InChI=1S/C12H21NOS2/c1-10(2)9-15-7-6-13-8-11-4-5-12(14-3)16-11/h4-5,10,13H,6-9H2,1-3H3. The van der Waals surface area contributed by atoms with Gasteiger partial charge in [0.05, 0.1) is 7.11 Å². The van der Waals surface area contributed by atoms with Crippen molar-refractivity contribution < 1.29 is 4.74 Å². The molecule has 0 aromatic carbocycles. The molecule has 92 valence electrons. The summed E-state index contributed by atoms with van der Waals surface area (Å²) >= 11 is 3.73. The highest BCUT2D eigenvalue weighted by Gasteiger charge is 1.99. The number of rotatable bonds is 8. The van der Waals surface area contributed by atoms with Crippen molar-refractivity contribution in [2.24, 2.45) is 5.92 Å². The summed E-state index contributed by atoms with van der Waals surface area (Å²) < 4.78 is 5.15. The third-order valence-electron chi connectivity index (χ3n) is 2.01. The quantitative estimate of drug-likeness (QED) is 0.724. The minimum absolute atomic E-state index is 0.798. The molecule has 0 saturated heterocycles. The van der Waals surface area contributed by atoms with Gasteiger partial charge >= 0.3 is 0 Å². The normalized spacial score (nSPS) is 11.0. The Labute approximate surface area is 107 Å². The maximum atomic E-state index is 5.15. The molecular formula is C12H21NOS2. The molecule has 1 aromatic rings. The average molecular weight is 259 g/mol. The second-order valence-corrected chi connectivity index (χ2v) is 6.35. The lowest BCUT2D eigenvalue weighted by Gasteiger charge is -2.05. The predicted octanol–water partition coefficient (Wildman–Crippen LogP) is 3.24. The van der Waals surface area contributed by atoms with Gasteiger partial charge in [-0.3, -0.25) is 0 Å². The summed E-state index contributed by atoms with van der Waals surface area (Å²) in [6.07, 6.45) is 0. The summed E-state index contributed by atoms with van der Waals surface area (Å²) in [6, 6.07) is 4.15. The molecule has 4 heteroatoms. The molecular weight excluding hydrogens is 238 g/mol. The van der Waals surface area contributed by atoms with Gasteiger partial charge in [-0.25, -0.2) is 0 Å². The van der Waals surface area contributed by atoms with Crippen LogP contribution in [0.2, 0.25) is 0 Å². The van der Waals surface area contributed by atoms with Gasteiger partial charge in [0.1, 0.15) is 0 Å². The molecule has 0 amide bonds. The van der Waals surface area contributed by atoms with Crippen LogP contribution in [0.25, 0.3) is 0 Å². The van der Waals surface area contributed by atoms with Crippen molar-refractivity contribution in [1.82, 2.24) is 5.32 Å². The highest BCUT2D eigenvalue weighted by atomic mass is 32.2. The second kappa shape index (κ2) is 7.98. The Morgan fingerprint density at radius 1 is 1.44 bits per heavy atom. The second-order valence-electron chi connectivity index (χ2n) is 4.07. The molecule has 1 rings (SSSR count). The van der Waals surface area contributed by atoms with Crippen LogP contribution >= 0.6 is 23.1 Å². The number of hydrogen-bond donors (Lipinski definition) is 1. The molecule has 0 saturated carbocycles. The van der Waals surface area contributed by atoms with E-state index in [1.807, 2.05) is 17.8 Å². The van der Waals surface area contributed by atoms with Crippen molar-refractivity contribution >= 4 is 23.1 Å². The zero-order valence-corrected chi connectivity index (χ0v) is 11.9. The zero-order chi connectivity index (χ0) is 11.8. The Bertz CT molecular complexity index is 286. The monoisotopic (exact) mass is 259 g/mol. The molecule has 0 bridgehead atoms. The number of hydrogen-bond acceptors (Lipinski definition) is 4. The van der Waals surface area contributed by atoms with E-state index < -0.39 is 0 Å². The lowest BCUT2D eigenvalue weighted by Crippen LogP contribution is -2.16. The molecule has 0 aliphatic carbocycles. The van der Waals surface area contributed by atoms with E-state index >= 15 is 0 Å². The minimum atomic E-state index is 0.798. The first-order valence-electron chi connectivity index (χ1n) is 5.63. The van der Waals surface area contributed by atoms with E-state index in [0.29, 0.717) is 0 Å². The Kier molecular flexibility index (Phi) is 6.92. The van der Waals surface area contributed by atoms with Crippen LogP contribution in [0.4, 0.5) is 0 Å². The topological polar surface area (TPSA) is 21.3 Å². The molecule has 1 N–H and O–H groups in total. The third-order valence-corrected chi connectivity index (χ3v) is 4.45. The van der Waals surface area contributed by atoms with Crippen molar-refractivity contribution in [2.75, 3.05) is 25.2 Å². The molecule has 1 heterocycles. The van der Waals surface area contributed by atoms with Crippen LogP contribution in [0.1, 0.15) is 18.7 Å². The summed E-state index contributed by atoms with van der Waals surface area (Å²) in [5.74, 6) is 3.25. The van der Waals surface area contributed by atoms with Crippen molar-refractivity contribution in [3.8, 4) is 5.06 Å². The third kappa shape index (κ3) is 5.77. The number of ether oxygens (including phenoxy) is 1. The van der Waals surface area contributed by atoms with Crippen molar-refractivity contribution in [1.29, 1.82) is 0 Å². The van der Waals surface area contributed by atoms with Gasteiger partial charge in [-0.15, -0.1) is 11.3 Å². The van der Waals surface area contributed by atoms with Crippen LogP contribution in [-0.4, -0.2) is 25.2 Å². The Balaban J connectivity index is 2.02. The number of thiophene rings is 1. The summed E-state index contributed by atoms with van der Waals surface area (Å²) in [5.41, 5.74) is 0. The predicted molar refractivity (Wildman–Crippen MR) is 74.7 cm³/mol. The van der Waals surface area contributed by atoms with Gasteiger partial charge in [-0.05, 0) is 23.8 Å². The fourth-order valence-corrected chi connectivity index (χ4v) is 2.95. The molecule has 0 aliphatic heterocycles. The van der Waals surface area contributed by atoms with Crippen LogP contribution in [0.5, 0.6) is 5.06 Å². The molecule has 0 atom stereocenters. The molecule has 0 spiro atoms. The first kappa shape index (κ1) is 13.9. The number of methoxy groups -OCH3 is 1. The number of nitrogens with one attached hydrogen (secondary N) is 1. The van der Waals surface area contributed by atoms with Crippen LogP contribution < -0.4 is 10.1 Å². The van der Waals surface area contributed by atoms with Gasteiger partial charge in [0.2, 0.25) is 0 Å². The lowest BCUT2D eigenvalue weighted by molar-refractivity contribution is 0.427. The van der Waals surface area contributed by atoms with Gasteiger partial charge < -0.3 is 10.1 Å². The summed E-state index contributed by atoms with van der Waals surface area (Å²) in [4.78, 5) is 1.34. The summed E-state index contributed by atoms with van der Waals surface area (Å²) in [5, 5.41) is 4.44. The van der Waals surface area contributed by atoms with Crippen molar-refractivity contribution in [3.05, 3.63) is 17.0 Å². The smallest absolute Gasteiger partial charge is 0.173 e. The minimum Gasteiger partial charge on any atom is -0.487 e. The van der Waals surface area contributed by atoms with E-state index in [1.165, 1.54) is 16.4 Å². The molecule has 16 heavy (non-hydrogen) atoms. The summed E-state index contributed by atoms with van der Waals surface area (Å²) in [6.45, 7) is 6.56. The first-order chi connectivity index (χ1) is 7.72. The number of thioether (sulfide) groups is 1. The van der Waals surface area contributed by atoms with Gasteiger partial charge in [0.25, 0.3) is 0 Å². The molecule has 1 aromatic heterocycles. The van der Waals surface area contributed by atoms with Crippen LogP contribution in [0.3, 0.4) is 0 Å². The zero-order valence-electron chi connectivity index (χ0n) is 10.3. The lowest BCUT2D eigenvalue weighted by atomic mass is 10.3. The van der Waals surface area contributed by atoms with Crippen molar-refractivity contribution in [2.45, 2.75) is 20.4 Å². The highest BCUT2D eigenvalue weighted by molar-refractivity contribution is 7.99. The van der Waals surface area contributed by atoms with Gasteiger partial charge in [0, 0.05) is 23.7 Å². The van der Waals surface area contributed by atoms with E-state index in [-0.39, 0.29) is 0 Å². The van der Waals surface area contributed by atoms with E-state index in [1.54, 1.807) is 18.4 Å². The Morgan fingerprint density at radius 2 is 2.25 bits per heavy atom. The van der Waals surface area contributed by atoms with E-state index in [2.05, 4.69) is 25.2 Å². The van der Waals surface area contributed by atoms with Crippen LogP contribution in [0, 0.1) is 5.92 Å². The molecule has 0 aliphatic rings. The Hall–Kier alpha value is -0.190. The van der Waals surface area contributed by atoms with Gasteiger partial charge in [-0.1, -0.05) is 13.8 Å². The molecule has 0 fully saturated rings. The largest absolute Gasteiger partial charge is 0.487 e. The fraction of sp³-hybridized carbons (Fsp3) is 0.667. The summed E-state index contributed by atoms with van der Waals surface area (Å²) in [7, 11) is 1.71. The Morgan fingerprint density at radius 3 is 2.88 bits per heavy atom. The van der Waals surface area contributed by atoms with Crippen molar-refractivity contribution in [3.63, 3.8) is 0 Å². The first-order valence-corrected chi connectivity index (χ1v) is 7.60. The average Bonchev–Trinajstić information content (AvgIpc) is 2.70. The molecule has 0 radical (unpaired) electrons.